The van der Waals surface area contributed by atoms with Gasteiger partial charge in [-0.1, -0.05) is 0 Å². The van der Waals surface area contributed by atoms with Crippen molar-refractivity contribution in [2.75, 3.05) is 5.73 Å². The SMILES string of the molecule is Cc1nn(C)c(CC(=O)c2cnn(C)c2N)c1Br. The number of anilines is 1. The Hall–Kier alpha value is -1.63. The lowest BCUT2D eigenvalue weighted by molar-refractivity contribution is 0.0991. The van der Waals surface area contributed by atoms with Gasteiger partial charge in [0, 0.05) is 14.1 Å². The summed E-state index contributed by atoms with van der Waals surface area (Å²) in [4.78, 5) is 12.2. The van der Waals surface area contributed by atoms with E-state index in [1.165, 1.54) is 10.9 Å². The molecule has 2 aromatic rings. The quantitative estimate of drug-likeness (QED) is 0.865. The molecule has 0 bridgehead atoms. The first-order valence-electron chi connectivity index (χ1n) is 5.40. The number of nitrogens with two attached hydrogens (primary N) is 1. The number of rotatable bonds is 3. The van der Waals surface area contributed by atoms with Crippen molar-refractivity contribution in [3.63, 3.8) is 0 Å². The van der Waals surface area contributed by atoms with E-state index in [1.54, 1.807) is 11.7 Å². The van der Waals surface area contributed by atoms with Crippen LogP contribution in [-0.2, 0) is 20.5 Å². The van der Waals surface area contributed by atoms with Crippen molar-refractivity contribution in [1.82, 2.24) is 19.6 Å². The minimum Gasteiger partial charge on any atom is -0.383 e. The zero-order valence-electron chi connectivity index (χ0n) is 10.4. The van der Waals surface area contributed by atoms with Crippen molar-refractivity contribution >= 4 is 27.5 Å². The Balaban J connectivity index is 2.30. The summed E-state index contributed by atoms with van der Waals surface area (Å²) >= 11 is 3.44. The number of Topliss-reactive ketones (excluding diaryl/α,β-unsaturated/α-hetero) is 1. The zero-order chi connectivity index (χ0) is 13.4. The lowest BCUT2D eigenvalue weighted by Crippen LogP contribution is -2.10. The minimum atomic E-state index is -0.0655. The molecular weight excluding hydrogens is 298 g/mol. The van der Waals surface area contributed by atoms with Crippen LogP contribution in [0.1, 0.15) is 21.7 Å². The van der Waals surface area contributed by atoms with Gasteiger partial charge in [0.05, 0.1) is 34.0 Å². The second kappa shape index (κ2) is 4.56. The predicted octanol–water partition coefficient (Wildman–Crippen LogP) is 1.23. The van der Waals surface area contributed by atoms with Gasteiger partial charge in [-0.25, -0.2) is 0 Å². The van der Waals surface area contributed by atoms with Crippen LogP contribution < -0.4 is 5.73 Å². The molecule has 18 heavy (non-hydrogen) atoms. The van der Waals surface area contributed by atoms with E-state index in [2.05, 4.69) is 26.1 Å². The van der Waals surface area contributed by atoms with Crippen molar-refractivity contribution in [1.29, 1.82) is 0 Å². The maximum Gasteiger partial charge on any atom is 0.174 e. The van der Waals surface area contributed by atoms with Gasteiger partial charge >= 0.3 is 0 Å². The maximum atomic E-state index is 12.2. The van der Waals surface area contributed by atoms with Gasteiger partial charge in [0.25, 0.3) is 0 Å². The highest BCUT2D eigenvalue weighted by Gasteiger charge is 2.19. The second-order valence-corrected chi connectivity index (χ2v) is 4.93. The fourth-order valence-electron chi connectivity index (χ4n) is 1.78. The number of nitrogen functional groups attached to an aromatic ring is 1. The molecule has 0 aliphatic rings. The number of carbonyl (C=O) groups is 1. The highest BCUT2D eigenvalue weighted by molar-refractivity contribution is 9.10. The van der Waals surface area contributed by atoms with Crippen LogP contribution in [0.4, 0.5) is 5.82 Å². The van der Waals surface area contributed by atoms with Crippen LogP contribution in [0.5, 0.6) is 0 Å². The van der Waals surface area contributed by atoms with E-state index in [1.807, 2.05) is 14.0 Å². The van der Waals surface area contributed by atoms with Crippen LogP contribution in [0.3, 0.4) is 0 Å². The Bertz CT molecular complexity index is 613. The molecule has 2 rings (SSSR count). The highest BCUT2D eigenvalue weighted by atomic mass is 79.9. The first-order chi connectivity index (χ1) is 8.41. The van der Waals surface area contributed by atoms with Gasteiger partial charge in [-0.05, 0) is 22.9 Å². The number of hydrogen-bond acceptors (Lipinski definition) is 4. The van der Waals surface area contributed by atoms with Crippen LogP contribution in [0.2, 0.25) is 0 Å². The van der Waals surface area contributed by atoms with Crippen molar-refractivity contribution in [3.05, 3.63) is 27.6 Å². The number of carbonyl (C=O) groups excluding carboxylic acids is 1. The van der Waals surface area contributed by atoms with Crippen LogP contribution in [0.15, 0.2) is 10.7 Å². The molecule has 0 saturated carbocycles. The molecular formula is C11H14BrN5O. The van der Waals surface area contributed by atoms with Crippen LogP contribution in [-0.4, -0.2) is 25.3 Å². The van der Waals surface area contributed by atoms with Crippen molar-refractivity contribution in [3.8, 4) is 0 Å². The molecule has 0 aliphatic heterocycles. The molecule has 0 radical (unpaired) electrons. The Morgan fingerprint density at radius 3 is 2.56 bits per heavy atom. The Morgan fingerprint density at radius 1 is 1.44 bits per heavy atom. The number of nitrogens with zero attached hydrogens (tertiary/aromatic N) is 4. The van der Waals surface area contributed by atoms with Crippen molar-refractivity contribution in [2.45, 2.75) is 13.3 Å². The molecule has 0 fully saturated rings. The number of ketones is 1. The lowest BCUT2D eigenvalue weighted by Gasteiger charge is -2.02. The molecule has 2 aromatic heterocycles. The monoisotopic (exact) mass is 311 g/mol. The summed E-state index contributed by atoms with van der Waals surface area (Å²) in [7, 11) is 3.52. The molecule has 6 nitrogen and oxygen atoms in total. The number of halogens is 1. The summed E-state index contributed by atoms with van der Waals surface area (Å²) in [6.07, 6.45) is 1.74. The summed E-state index contributed by atoms with van der Waals surface area (Å²) < 4.78 is 4.04. The molecule has 2 N–H and O–H groups in total. The third-order valence-electron chi connectivity index (χ3n) is 2.87. The third kappa shape index (κ3) is 2.05. The molecule has 7 heteroatoms. The fourth-order valence-corrected chi connectivity index (χ4v) is 2.26. The smallest absolute Gasteiger partial charge is 0.174 e. The molecule has 0 amide bonds. The first kappa shape index (κ1) is 12.8. The normalized spacial score (nSPS) is 10.9. The van der Waals surface area contributed by atoms with E-state index in [0.29, 0.717) is 11.4 Å². The summed E-state index contributed by atoms with van der Waals surface area (Å²) in [6, 6.07) is 0. The Kier molecular flexibility index (Phi) is 3.25. The topological polar surface area (TPSA) is 78.7 Å². The van der Waals surface area contributed by atoms with Gasteiger partial charge in [0.1, 0.15) is 5.82 Å². The van der Waals surface area contributed by atoms with E-state index in [9.17, 15) is 4.79 Å². The first-order valence-corrected chi connectivity index (χ1v) is 6.19. The molecule has 0 aliphatic carbocycles. The van der Waals surface area contributed by atoms with Gasteiger partial charge in [-0.3, -0.25) is 14.2 Å². The highest BCUT2D eigenvalue weighted by Crippen LogP contribution is 2.22. The summed E-state index contributed by atoms with van der Waals surface area (Å²) in [5.74, 6) is 0.319. The zero-order valence-corrected chi connectivity index (χ0v) is 12.0. The molecule has 0 aromatic carbocycles. The molecule has 0 unspecified atom stereocenters. The van der Waals surface area contributed by atoms with Crippen LogP contribution in [0, 0.1) is 6.92 Å². The maximum absolute atomic E-state index is 12.2. The summed E-state index contributed by atoms with van der Waals surface area (Å²) in [6.45, 7) is 1.89. The van der Waals surface area contributed by atoms with Gasteiger partial charge < -0.3 is 5.73 Å². The van der Waals surface area contributed by atoms with Gasteiger partial charge in [0.15, 0.2) is 5.78 Å². The van der Waals surface area contributed by atoms with Crippen LogP contribution >= 0.6 is 15.9 Å². The molecule has 0 atom stereocenters. The second-order valence-electron chi connectivity index (χ2n) is 4.14. The molecule has 2 heterocycles. The Morgan fingerprint density at radius 2 is 2.11 bits per heavy atom. The largest absolute Gasteiger partial charge is 0.383 e. The Labute approximate surface area is 113 Å². The number of hydrogen-bond donors (Lipinski definition) is 1. The average Bonchev–Trinajstić information content (AvgIpc) is 2.75. The third-order valence-corrected chi connectivity index (χ3v) is 3.91. The van der Waals surface area contributed by atoms with Gasteiger partial charge in [-0.15, -0.1) is 0 Å². The van der Waals surface area contributed by atoms with Gasteiger partial charge in [-0.2, -0.15) is 10.2 Å². The number of aromatic nitrogens is 4. The summed E-state index contributed by atoms with van der Waals surface area (Å²) in [5, 5.41) is 8.22. The minimum absolute atomic E-state index is 0.0655. The van der Waals surface area contributed by atoms with Crippen molar-refractivity contribution in [2.24, 2.45) is 14.1 Å². The van der Waals surface area contributed by atoms with E-state index in [0.717, 1.165) is 15.9 Å². The van der Waals surface area contributed by atoms with E-state index >= 15 is 0 Å². The van der Waals surface area contributed by atoms with Gasteiger partial charge in [0.2, 0.25) is 0 Å². The lowest BCUT2D eigenvalue weighted by atomic mass is 10.1. The fraction of sp³-hybridized carbons (Fsp3) is 0.364. The van der Waals surface area contributed by atoms with E-state index in [4.69, 9.17) is 5.73 Å². The van der Waals surface area contributed by atoms with Crippen molar-refractivity contribution < 1.29 is 4.79 Å². The summed E-state index contributed by atoms with van der Waals surface area (Å²) in [5.41, 5.74) is 7.93. The van der Waals surface area contributed by atoms with E-state index < -0.39 is 0 Å². The standard InChI is InChI=1S/C11H14BrN5O/c1-6-10(12)8(16(2)15-6)4-9(18)7-5-14-17(3)11(7)13/h5H,4,13H2,1-3H3. The molecule has 0 spiro atoms. The molecule has 96 valence electrons. The average molecular weight is 312 g/mol. The van der Waals surface area contributed by atoms with Crippen LogP contribution in [0.25, 0.3) is 0 Å². The molecule has 0 saturated heterocycles. The van der Waals surface area contributed by atoms with E-state index in [-0.39, 0.29) is 12.2 Å². The number of aryl methyl sites for hydroxylation is 3. The predicted molar refractivity (Wildman–Crippen MR) is 71.3 cm³/mol.